The van der Waals surface area contributed by atoms with E-state index in [-0.39, 0.29) is 61.3 Å². The summed E-state index contributed by atoms with van der Waals surface area (Å²) in [6.45, 7) is 1.39. The van der Waals surface area contributed by atoms with Gasteiger partial charge in [0.25, 0.3) is 0 Å². The number of carbonyl (C=O) groups is 4. The molecule has 3 fully saturated rings. The summed E-state index contributed by atoms with van der Waals surface area (Å²) in [4.78, 5) is 59.6. The third kappa shape index (κ3) is 5.03. The van der Waals surface area contributed by atoms with Crippen molar-refractivity contribution in [3.63, 3.8) is 0 Å². The summed E-state index contributed by atoms with van der Waals surface area (Å²) in [7, 11) is 0. The van der Waals surface area contributed by atoms with E-state index < -0.39 is 18.4 Å². The summed E-state index contributed by atoms with van der Waals surface area (Å²) in [5, 5.41) is 1.15. The van der Waals surface area contributed by atoms with Gasteiger partial charge in [-0.1, -0.05) is 85.4 Å². The van der Waals surface area contributed by atoms with Crippen molar-refractivity contribution in [2.75, 3.05) is 11.5 Å². The van der Waals surface area contributed by atoms with E-state index in [2.05, 4.69) is 31.9 Å². The fourth-order valence-corrected chi connectivity index (χ4v) is 9.48. The van der Waals surface area contributed by atoms with Crippen LogP contribution >= 0.6 is 55.1 Å². The third-order valence-electron chi connectivity index (χ3n) is 9.24. The first-order chi connectivity index (χ1) is 21.5. The largest absolute Gasteiger partial charge is 0.454 e. The number of fused-ring (bicyclic) bond motifs is 6. The van der Waals surface area contributed by atoms with Crippen molar-refractivity contribution in [3.05, 3.63) is 93.5 Å². The first-order valence-corrected chi connectivity index (χ1v) is 17.0. The molecule has 2 bridgehead atoms. The molecule has 4 aromatic rings. The Morgan fingerprint density at radius 1 is 0.911 bits per heavy atom. The van der Waals surface area contributed by atoms with Crippen molar-refractivity contribution < 1.29 is 23.9 Å². The smallest absolute Gasteiger partial charge is 0.339 e. The van der Waals surface area contributed by atoms with Crippen molar-refractivity contribution in [2.45, 2.75) is 23.0 Å². The lowest BCUT2D eigenvalue weighted by Crippen LogP contribution is -2.37. The number of pyridine rings is 1. The molecule has 1 saturated heterocycles. The lowest BCUT2D eigenvalue weighted by atomic mass is 9.81. The molecule has 3 aliphatic rings. The summed E-state index contributed by atoms with van der Waals surface area (Å²) in [6.07, 6.45) is 0.867. The van der Waals surface area contributed by atoms with Crippen LogP contribution in [0.15, 0.2) is 66.7 Å². The van der Waals surface area contributed by atoms with Gasteiger partial charge in [-0.05, 0) is 67.1 Å². The Morgan fingerprint density at radius 2 is 1.58 bits per heavy atom. The molecule has 0 N–H and O–H groups in total. The van der Waals surface area contributed by atoms with E-state index in [0.717, 1.165) is 12.0 Å². The van der Waals surface area contributed by atoms with Crippen molar-refractivity contribution in [3.8, 4) is 11.3 Å². The molecule has 1 aromatic heterocycles. The summed E-state index contributed by atoms with van der Waals surface area (Å²) in [5.41, 5.74) is 3.61. The predicted molar refractivity (Wildman–Crippen MR) is 179 cm³/mol. The molecule has 6 atom stereocenters. The third-order valence-corrected chi connectivity index (χ3v) is 13.0. The number of alkyl halides is 2. The number of amides is 2. The highest BCUT2D eigenvalue weighted by Gasteiger charge is 2.66. The van der Waals surface area contributed by atoms with Gasteiger partial charge in [-0.15, -0.1) is 0 Å². The molecular formula is C34H24Br2Cl2N2O5. The number of nitrogens with zero attached hydrogens (tertiary/aromatic N) is 2. The first-order valence-electron chi connectivity index (χ1n) is 14.4. The maximum absolute atomic E-state index is 13.5. The zero-order valence-electron chi connectivity index (χ0n) is 23.7. The predicted octanol–water partition coefficient (Wildman–Crippen LogP) is 7.84. The Labute approximate surface area is 285 Å². The van der Waals surface area contributed by atoms with Gasteiger partial charge >= 0.3 is 5.97 Å². The molecule has 6 unspecified atom stereocenters. The van der Waals surface area contributed by atoms with Crippen molar-refractivity contribution in [2.24, 2.45) is 23.7 Å². The summed E-state index contributed by atoms with van der Waals surface area (Å²) < 4.78 is 5.46. The zero-order chi connectivity index (χ0) is 31.7. The Kier molecular flexibility index (Phi) is 7.87. The lowest BCUT2D eigenvalue weighted by molar-refractivity contribution is -0.123. The standard InChI is InChI=1S/C34H24Br2Cl2N2O5/c1-15-3-2-4-19-21(34(44)45-14-26(41)20-10-7-17(37)11-24(20)38)13-25(39-31(15)19)16-5-8-18(9-6-16)40-32(42)27-22-12-23(28(27)33(40)43)30(36)29(22)35/h2-11,13,22-23,27-30H,12,14H2,1H3. The van der Waals surface area contributed by atoms with E-state index in [4.69, 9.17) is 32.9 Å². The second-order valence-electron chi connectivity index (χ2n) is 11.7. The highest BCUT2D eigenvalue weighted by molar-refractivity contribution is 9.12. The average Bonchev–Trinajstić information content (AvgIpc) is 3.64. The molecule has 3 aromatic carbocycles. The number of ketones is 1. The van der Waals surface area contributed by atoms with Crippen LogP contribution in [0.25, 0.3) is 22.2 Å². The SMILES string of the molecule is Cc1cccc2c(C(=O)OCC(=O)c3ccc(Cl)cc3Cl)cc(-c3ccc(N4C(=O)C5C6CC(C(Br)C6Br)C5C4=O)cc3)nc12. The number of hydrogen-bond acceptors (Lipinski definition) is 6. The minimum Gasteiger partial charge on any atom is -0.454 e. The van der Waals surface area contributed by atoms with E-state index in [0.29, 0.717) is 32.9 Å². The number of imide groups is 1. The summed E-state index contributed by atoms with van der Waals surface area (Å²) in [6, 6.07) is 18.7. The number of halogens is 4. The number of aryl methyl sites for hydroxylation is 1. The zero-order valence-corrected chi connectivity index (χ0v) is 28.4. The number of anilines is 1. The number of esters is 1. The number of aromatic nitrogens is 1. The van der Waals surface area contributed by atoms with Crippen molar-refractivity contribution in [1.82, 2.24) is 4.98 Å². The summed E-state index contributed by atoms with van der Waals surface area (Å²) in [5.74, 6) is -1.78. The average molecular weight is 771 g/mol. The van der Waals surface area contributed by atoms with Gasteiger partial charge in [-0.2, -0.15) is 0 Å². The molecular weight excluding hydrogens is 747 g/mol. The van der Waals surface area contributed by atoms with Gasteiger partial charge in [-0.3, -0.25) is 19.3 Å². The van der Waals surface area contributed by atoms with Crippen LogP contribution in [0.4, 0.5) is 5.69 Å². The van der Waals surface area contributed by atoms with Gasteiger partial charge in [0.05, 0.1) is 39.3 Å². The first kappa shape index (κ1) is 30.5. The number of ether oxygens (including phenoxy) is 1. The number of para-hydroxylation sites is 1. The van der Waals surface area contributed by atoms with Crippen LogP contribution in [0.3, 0.4) is 0 Å². The van der Waals surface area contributed by atoms with E-state index >= 15 is 0 Å². The van der Waals surface area contributed by atoms with Crippen LogP contribution in [0.5, 0.6) is 0 Å². The number of Topliss-reactive ketones (excluding diaryl/α,β-unsaturated/α-hetero) is 1. The van der Waals surface area contributed by atoms with Gasteiger partial charge < -0.3 is 4.74 Å². The van der Waals surface area contributed by atoms with Crippen LogP contribution in [0.2, 0.25) is 10.0 Å². The summed E-state index contributed by atoms with van der Waals surface area (Å²) >= 11 is 19.6. The van der Waals surface area contributed by atoms with Crippen LogP contribution in [-0.2, 0) is 14.3 Å². The van der Waals surface area contributed by atoms with Gasteiger partial charge in [0, 0.05) is 31.2 Å². The molecule has 228 valence electrons. The topological polar surface area (TPSA) is 93.6 Å². The molecule has 0 radical (unpaired) electrons. The molecule has 1 aliphatic heterocycles. The molecule has 7 rings (SSSR count). The fraction of sp³-hybridized carbons (Fsp3) is 0.265. The monoisotopic (exact) mass is 768 g/mol. The van der Waals surface area contributed by atoms with E-state index in [9.17, 15) is 19.2 Å². The lowest BCUT2D eigenvalue weighted by Gasteiger charge is -2.28. The van der Waals surface area contributed by atoms with Gasteiger partial charge in [-0.25, -0.2) is 9.78 Å². The number of rotatable bonds is 6. The molecule has 45 heavy (non-hydrogen) atoms. The molecule has 2 saturated carbocycles. The Balaban J connectivity index is 1.16. The highest BCUT2D eigenvalue weighted by atomic mass is 79.9. The number of carbonyl (C=O) groups excluding carboxylic acids is 4. The molecule has 11 heteroatoms. The van der Waals surface area contributed by atoms with E-state index in [1.807, 2.05) is 19.1 Å². The van der Waals surface area contributed by atoms with Gasteiger partial charge in [0.2, 0.25) is 17.6 Å². The highest BCUT2D eigenvalue weighted by Crippen LogP contribution is 2.60. The number of benzene rings is 3. The van der Waals surface area contributed by atoms with Crippen LogP contribution in [0, 0.1) is 30.6 Å². The molecule has 0 spiro atoms. The van der Waals surface area contributed by atoms with E-state index in [1.165, 1.54) is 17.0 Å². The fourth-order valence-electron chi connectivity index (χ4n) is 7.10. The molecule has 2 heterocycles. The van der Waals surface area contributed by atoms with Gasteiger partial charge in [0.15, 0.2) is 6.61 Å². The van der Waals surface area contributed by atoms with Crippen molar-refractivity contribution >= 4 is 95.2 Å². The van der Waals surface area contributed by atoms with E-state index in [1.54, 1.807) is 42.5 Å². The maximum atomic E-state index is 13.5. The van der Waals surface area contributed by atoms with Crippen LogP contribution in [0.1, 0.15) is 32.7 Å². The van der Waals surface area contributed by atoms with Crippen LogP contribution < -0.4 is 4.90 Å². The Bertz CT molecular complexity index is 1900. The number of hydrogen-bond donors (Lipinski definition) is 0. The second-order valence-corrected chi connectivity index (χ2v) is 14.7. The molecule has 2 amide bonds. The van der Waals surface area contributed by atoms with Crippen molar-refractivity contribution in [1.29, 1.82) is 0 Å². The normalized spacial score (nSPS) is 25.2. The minimum atomic E-state index is -0.686. The van der Waals surface area contributed by atoms with Gasteiger partial charge in [0.1, 0.15) is 0 Å². The Morgan fingerprint density at radius 3 is 2.22 bits per heavy atom. The Hall–Kier alpha value is -3.11. The quantitative estimate of drug-likeness (QED) is 0.0859. The molecule has 2 aliphatic carbocycles. The van der Waals surface area contributed by atoms with Crippen LogP contribution in [-0.4, -0.2) is 44.8 Å². The molecule has 7 nitrogen and oxygen atoms in total. The second kappa shape index (κ2) is 11.6. The maximum Gasteiger partial charge on any atom is 0.339 e. The minimum absolute atomic E-state index is 0.131.